The molecule has 0 aliphatic rings. The SMILES string of the molecule is Cc1ccc(S(=O)(=O)N[C@@H](C(=O)N(C)CCOc2ccccc2F)C(C)C)cc1. The Labute approximate surface area is 171 Å². The summed E-state index contributed by atoms with van der Waals surface area (Å²) in [7, 11) is -2.29. The molecule has 0 heterocycles. The zero-order valence-corrected chi connectivity index (χ0v) is 17.9. The first-order valence-corrected chi connectivity index (χ1v) is 10.8. The Hall–Kier alpha value is -2.45. The molecule has 2 rings (SSSR count). The van der Waals surface area contributed by atoms with Crippen LogP contribution in [0.1, 0.15) is 19.4 Å². The van der Waals surface area contributed by atoms with E-state index in [9.17, 15) is 17.6 Å². The van der Waals surface area contributed by atoms with E-state index in [2.05, 4.69) is 4.72 Å². The molecule has 0 spiro atoms. The van der Waals surface area contributed by atoms with Crippen LogP contribution in [0.15, 0.2) is 53.4 Å². The van der Waals surface area contributed by atoms with E-state index in [0.29, 0.717) is 0 Å². The van der Waals surface area contributed by atoms with E-state index < -0.39 is 21.9 Å². The molecule has 0 radical (unpaired) electrons. The number of aryl methyl sites for hydroxylation is 1. The number of halogens is 1. The highest BCUT2D eigenvalue weighted by Gasteiger charge is 2.30. The van der Waals surface area contributed by atoms with Crippen LogP contribution in [0.5, 0.6) is 5.75 Å². The van der Waals surface area contributed by atoms with Crippen LogP contribution in [0.25, 0.3) is 0 Å². The van der Waals surface area contributed by atoms with Gasteiger partial charge in [0.2, 0.25) is 15.9 Å². The molecule has 1 N–H and O–H groups in total. The molecule has 6 nitrogen and oxygen atoms in total. The molecule has 2 aromatic carbocycles. The van der Waals surface area contributed by atoms with E-state index in [1.807, 2.05) is 6.92 Å². The zero-order valence-electron chi connectivity index (χ0n) is 17.1. The van der Waals surface area contributed by atoms with Crippen LogP contribution in [0.2, 0.25) is 0 Å². The Kier molecular flexibility index (Phi) is 7.75. The summed E-state index contributed by atoms with van der Waals surface area (Å²) < 4.78 is 46.8. The minimum atomic E-state index is -3.85. The average Bonchev–Trinajstić information content (AvgIpc) is 2.67. The largest absolute Gasteiger partial charge is 0.489 e. The average molecular weight is 423 g/mol. The number of carbonyl (C=O) groups excluding carboxylic acids is 1. The second kappa shape index (κ2) is 9.84. The van der Waals surface area contributed by atoms with Crippen LogP contribution in [0, 0.1) is 18.7 Å². The van der Waals surface area contributed by atoms with Crippen LogP contribution < -0.4 is 9.46 Å². The predicted molar refractivity (Wildman–Crippen MR) is 110 cm³/mol. The molecule has 0 saturated carbocycles. The van der Waals surface area contributed by atoms with Gasteiger partial charge < -0.3 is 9.64 Å². The van der Waals surface area contributed by atoms with Gasteiger partial charge in [-0.05, 0) is 37.1 Å². The van der Waals surface area contributed by atoms with Crippen LogP contribution in [0.3, 0.4) is 0 Å². The van der Waals surface area contributed by atoms with Gasteiger partial charge in [-0.1, -0.05) is 43.7 Å². The number of carbonyl (C=O) groups is 1. The lowest BCUT2D eigenvalue weighted by Crippen LogP contribution is -2.50. The van der Waals surface area contributed by atoms with Crippen LogP contribution >= 0.6 is 0 Å². The quantitative estimate of drug-likeness (QED) is 0.674. The van der Waals surface area contributed by atoms with Crippen molar-refractivity contribution in [2.24, 2.45) is 5.92 Å². The Balaban J connectivity index is 2.02. The monoisotopic (exact) mass is 422 g/mol. The maximum Gasteiger partial charge on any atom is 0.241 e. The van der Waals surface area contributed by atoms with Gasteiger partial charge in [0.05, 0.1) is 11.4 Å². The molecular weight excluding hydrogens is 395 g/mol. The van der Waals surface area contributed by atoms with Crippen molar-refractivity contribution in [3.63, 3.8) is 0 Å². The third kappa shape index (κ3) is 6.27. The lowest BCUT2D eigenvalue weighted by Gasteiger charge is -2.27. The number of likely N-dealkylation sites (N-methyl/N-ethyl adjacent to an activating group) is 1. The molecule has 158 valence electrons. The Morgan fingerprint density at radius 3 is 2.34 bits per heavy atom. The van der Waals surface area contributed by atoms with Crippen LogP contribution in [0.4, 0.5) is 4.39 Å². The highest BCUT2D eigenvalue weighted by molar-refractivity contribution is 7.89. The second-order valence-electron chi connectivity index (χ2n) is 7.19. The summed E-state index contributed by atoms with van der Waals surface area (Å²) in [6.45, 7) is 5.66. The first-order valence-electron chi connectivity index (χ1n) is 9.33. The Bertz CT molecular complexity index is 930. The highest BCUT2D eigenvalue weighted by atomic mass is 32.2. The molecule has 0 unspecified atom stereocenters. The van der Waals surface area contributed by atoms with Crippen molar-refractivity contribution in [2.75, 3.05) is 20.2 Å². The number of sulfonamides is 1. The summed E-state index contributed by atoms with van der Waals surface area (Å²) >= 11 is 0. The van der Waals surface area contributed by atoms with Crippen molar-refractivity contribution in [3.05, 3.63) is 59.9 Å². The van der Waals surface area contributed by atoms with E-state index in [0.717, 1.165) is 5.56 Å². The van der Waals surface area contributed by atoms with Gasteiger partial charge in [-0.25, -0.2) is 12.8 Å². The second-order valence-corrected chi connectivity index (χ2v) is 8.91. The molecule has 0 aliphatic heterocycles. The first-order chi connectivity index (χ1) is 13.6. The molecule has 0 bridgehead atoms. The fraction of sp³-hybridized carbons (Fsp3) is 0.381. The Morgan fingerprint density at radius 1 is 1.14 bits per heavy atom. The van der Waals surface area contributed by atoms with Gasteiger partial charge in [0.25, 0.3) is 0 Å². The Morgan fingerprint density at radius 2 is 1.76 bits per heavy atom. The molecule has 1 atom stereocenters. The summed E-state index contributed by atoms with van der Waals surface area (Å²) in [5.74, 6) is -1.02. The van der Waals surface area contributed by atoms with Gasteiger partial charge in [-0.2, -0.15) is 4.72 Å². The van der Waals surface area contributed by atoms with Gasteiger partial charge in [0.1, 0.15) is 12.6 Å². The molecular formula is C21H27FN2O4S. The van der Waals surface area contributed by atoms with Crippen molar-refractivity contribution >= 4 is 15.9 Å². The summed E-state index contributed by atoms with van der Waals surface area (Å²) in [5, 5.41) is 0. The molecule has 2 aromatic rings. The number of benzene rings is 2. The maximum atomic E-state index is 13.6. The molecule has 29 heavy (non-hydrogen) atoms. The molecule has 0 saturated heterocycles. The van der Waals surface area contributed by atoms with E-state index in [4.69, 9.17) is 4.74 Å². The van der Waals surface area contributed by atoms with Crippen LogP contribution in [-0.4, -0.2) is 45.5 Å². The minimum Gasteiger partial charge on any atom is -0.489 e. The van der Waals surface area contributed by atoms with Crippen molar-refractivity contribution in [1.29, 1.82) is 0 Å². The number of hydrogen-bond acceptors (Lipinski definition) is 4. The van der Waals surface area contributed by atoms with Crippen LogP contribution in [-0.2, 0) is 14.8 Å². The smallest absolute Gasteiger partial charge is 0.241 e. The molecule has 0 aliphatic carbocycles. The maximum absolute atomic E-state index is 13.6. The van der Waals surface area contributed by atoms with Gasteiger partial charge in [-0.15, -0.1) is 0 Å². The van der Waals surface area contributed by atoms with Gasteiger partial charge >= 0.3 is 0 Å². The summed E-state index contributed by atoms with van der Waals surface area (Å²) in [6.07, 6.45) is 0. The number of para-hydroxylation sites is 1. The standard InChI is InChI=1S/C21H27FN2O4S/c1-15(2)20(23-29(26,27)17-11-9-16(3)10-12-17)21(25)24(4)13-14-28-19-8-6-5-7-18(19)22/h5-12,15,20,23H,13-14H2,1-4H3/t20-/m1/s1. The van der Waals surface area contributed by atoms with Gasteiger partial charge in [0.15, 0.2) is 11.6 Å². The lowest BCUT2D eigenvalue weighted by atomic mass is 10.0. The number of amides is 1. The summed E-state index contributed by atoms with van der Waals surface area (Å²) in [6, 6.07) is 11.5. The third-order valence-corrected chi connectivity index (χ3v) is 5.90. The topological polar surface area (TPSA) is 75.7 Å². The zero-order chi connectivity index (χ0) is 21.6. The minimum absolute atomic E-state index is 0.0820. The molecule has 0 aromatic heterocycles. The summed E-state index contributed by atoms with van der Waals surface area (Å²) in [4.78, 5) is 14.3. The number of hydrogen-bond donors (Lipinski definition) is 1. The first kappa shape index (κ1) is 22.8. The number of nitrogens with zero attached hydrogens (tertiary/aromatic N) is 1. The normalized spacial score (nSPS) is 12.6. The predicted octanol–water partition coefficient (Wildman–Crippen LogP) is 2.97. The van der Waals surface area contributed by atoms with E-state index in [1.165, 1.54) is 29.2 Å². The van der Waals surface area contributed by atoms with Crippen molar-refractivity contribution in [1.82, 2.24) is 9.62 Å². The fourth-order valence-corrected chi connectivity index (χ4v) is 3.96. The number of ether oxygens (including phenoxy) is 1. The number of nitrogens with one attached hydrogen (secondary N) is 1. The van der Waals surface area contributed by atoms with Gasteiger partial charge in [0, 0.05) is 7.05 Å². The van der Waals surface area contributed by atoms with E-state index in [1.54, 1.807) is 45.2 Å². The number of rotatable bonds is 9. The molecule has 0 fully saturated rings. The highest BCUT2D eigenvalue weighted by Crippen LogP contribution is 2.16. The molecule has 1 amide bonds. The third-order valence-electron chi connectivity index (χ3n) is 4.44. The van der Waals surface area contributed by atoms with Crippen molar-refractivity contribution < 1.29 is 22.3 Å². The van der Waals surface area contributed by atoms with E-state index >= 15 is 0 Å². The van der Waals surface area contributed by atoms with Crippen molar-refractivity contribution in [3.8, 4) is 5.75 Å². The summed E-state index contributed by atoms with van der Waals surface area (Å²) in [5.41, 5.74) is 0.940. The lowest BCUT2D eigenvalue weighted by molar-refractivity contribution is -0.133. The van der Waals surface area contributed by atoms with Crippen molar-refractivity contribution in [2.45, 2.75) is 31.7 Å². The van der Waals surface area contributed by atoms with E-state index in [-0.39, 0.29) is 35.6 Å². The fourth-order valence-electron chi connectivity index (χ4n) is 2.63. The van der Waals surface area contributed by atoms with Gasteiger partial charge in [-0.3, -0.25) is 4.79 Å². The molecule has 8 heteroatoms.